The van der Waals surface area contributed by atoms with Gasteiger partial charge in [-0.3, -0.25) is 4.79 Å². The van der Waals surface area contributed by atoms with Crippen molar-refractivity contribution in [3.05, 3.63) is 65.7 Å². The summed E-state index contributed by atoms with van der Waals surface area (Å²) in [6, 6.07) is 16.3. The van der Waals surface area contributed by atoms with Crippen LogP contribution in [0.1, 0.15) is 42.6 Å². The molecule has 0 radical (unpaired) electrons. The minimum Gasteiger partial charge on any atom is -0.352 e. The van der Waals surface area contributed by atoms with Crippen molar-refractivity contribution in [1.82, 2.24) is 9.62 Å². The first kappa shape index (κ1) is 21.5. The van der Waals surface area contributed by atoms with Gasteiger partial charge in [0.2, 0.25) is 10.0 Å². The molecule has 0 bridgehead atoms. The van der Waals surface area contributed by atoms with Crippen molar-refractivity contribution in [2.45, 2.75) is 38.0 Å². The Morgan fingerprint density at radius 3 is 2.45 bits per heavy atom. The Balaban J connectivity index is 1.61. The Bertz CT molecular complexity index is 909. The summed E-state index contributed by atoms with van der Waals surface area (Å²) in [5, 5.41) is 2.95. The molecule has 29 heavy (non-hydrogen) atoms. The normalized spacial score (nSPS) is 18.0. The third kappa shape index (κ3) is 5.67. The lowest BCUT2D eigenvalue weighted by Gasteiger charge is -2.32. The number of amides is 1. The molecule has 0 unspecified atom stereocenters. The van der Waals surface area contributed by atoms with Gasteiger partial charge in [-0.1, -0.05) is 44.2 Å². The van der Waals surface area contributed by atoms with Gasteiger partial charge >= 0.3 is 0 Å². The highest BCUT2D eigenvalue weighted by atomic mass is 32.2. The maximum absolute atomic E-state index is 13.1. The molecule has 0 aliphatic carbocycles. The van der Waals surface area contributed by atoms with Crippen LogP contribution in [0.3, 0.4) is 0 Å². The Morgan fingerprint density at radius 2 is 1.79 bits per heavy atom. The summed E-state index contributed by atoms with van der Waals surface area (Å²) in [4.78, 5) is 12.6. The van der Waals surface area contributed by atoms with Gasteiger partial charge in [0, 0.05) is 25.2 Å². The lowest BCUT2D eigenvalue weighted by atomic mass is 9.99. The first-order valence-corrected chi connectivity index (χ1v) is 11.7. The predicted molar refractivity (Wildman–Crippen MR) is 115 cm³/mol. The molecule has 156 valence electrons. The van der Waals surface area contributed by atoms with Crippen LogP contribution in [0.2, 0.25) is 0 Å². The molecule has 1 aliphatic rings. The highest BCUT2D eigenvalue weighted by molar-refractivity contribution is 7.89. The zero-order chi connectivity index (χ0) is 20.9. The van der Waals surface area contributed by atoms with Gasteiger partial charge < -0.3 is 5.32 Å². The van der Waals surface area contributed by atoms with Crippen molar-refractivity contribution in [2.75, 3.05) is 19.6 Å². The Labute approximate surface area is 174 Å². The molecule has 1 atom stereocenters. The second-order valence-corrected chi connectivity index (χ2v) is 10.1. The first-order valence-electron chi connectivity index (χ1n) is 10.3. The third-order valence-electron chi connectivity index (χ3n) is 5.27. The maximum Gasteiger partial charge on any atom is 0.251 e. The van der Waals surface area contributed by atoms with Crippen molar-refractivity contribution >= 4 is 15.9 Å². The van der Waals surface area contributed by atoms with Crippen LogP contribution in [0.25, 0.3) is 0 Å². The molecule has 3 rings (SSSR count). The van der Waals surface area contributed by atoms with Crippen LogP contribution in [-0.4, -0.2) is 38.3 Å². The number of hydrogen-bond donors (Lipinski definition) is 1. The third-order valence-corrected chi connectivity index (χ3v) is 7.15. The van der Waals surface area contributed by atoms with Crippen LogP contribution in [-0.2, 0) is 16.4 Å². The molecule has 1 heterocycles. The largest absolute Gasteiger partial charge is 0.352 e. The molecule has 1 aliphatic heterocycles. The summed E-state index contributed by atoms with van der Waals surface area (Å²) >= 11 is 0. The van der Waals surface area contributed by atoms with E-state index in [1.807, 2.05) is 30.3 Å². The molecule has 6 heteroatoms. The van der Waals surface area contributed by atoms with Gasteiger partial charge in [-0.25, -0.2) is 8.42 Å². The van der Waals surface area contributed by atoms with E-state index in [1.165, 1.54) is 0 Å². The van der Waals surface area contributed by atoms with Crippen LogP contribution in [0.5, 0.6) is 0 Å². The summed E-state index contributed by atoms with van der Waals surface area (Å²) in [5.41, 5.74) is 1.77. The molecule has 0 spiro atoms. The molecule has 5 nitrogen and oxygen atoms in total. The van der Waals surface area contributed by atoms with Gasteiger partial charge in [0.05, 0.1) is 4.90 Å². The van der Waals surface area contributed by atoms with E-state index >= 15 is 0 Å². The van der Waals surface area contributed by atoms with E-state index in [4.69, 9.17) is 0 Å². The van der Waals surface area contributed by atoms with Gasteiger partial charge in [-0.15, -0.1) is 0 Å². The molecule has 0 aromatic heterocycles. The Morgan fingerprint density at radius 1 is 1.10 bits per heavy atom. The summed E-state index contributed by atoms with van der Waals surface area (Å²) in [7, 11) is -3.51. The second-order valence-electron chi connectivity index (χ2n) is 8.19. The summed E-state index contributed by atoms with van der Waals surface area (Å²) in [6.07, 6.45) is 2.65. The van der Waals surface area contributed by atoms with Crippen LogP contribution < -0.4 is 5.32 Å². The van der Waals surface area contributed by atoms with Gasteiger partial charge in [-0.2, -0.15) is 4.31 Å². The van der Waals surface area contributed by atoms with E-state index in [1.54, 1.807) is 28.6 Å². The number of piperidine rings is 1. The van der Waals surface area contributed by atoms with Gasteiger partial charge in [-0.05, 0) is 60.9 Å². The lowest BCUT2D eigenvalue weighted by Crippen LogP contribution is -2.43. The van der Waals surface area contributed by atoms with Crippen LogP contribution in [0.4, 0.5) is 0 Å². The van der Waals surface area contributed by atoms with E-state index < -0.39 is 10.0 Å². The number of hydrogen-bond acceptors (Lipinski definition) is 3. The van der Waals surface area contributed by atoms with Crippen LogP contribution >= 0.6 is 0 Å². The number of carbonyl (C=O) groups excluding carboxylic acids is 1. The van der Waals surface area contributed by atoms with Gasteiger partial charge in [0.25, 0.3) is 5.91 Å². The smallest absolute Gasteiger partial charge is 0.251 e. The number of nitrogens with one attached hydrogen (secondary N) is 1. The van der Waals surface area contributed by atoms with Crippen molar-refractivity contribution in [1.29, 1.82) is 0 Å². The van der Waals surface area contributed by atoms with E-state index in [0.29, 0.717) is 36.0 Å². The molecule has 1 N–H and O–H groups in total. The average Bonchev–Trinajstić information content (AvgIpc) is 2.73. The molecule has 2 aromatic rings. The maximum atomic E-state index is 13.1. The second kappa shape index (κ2) is 9.55. The Kier molecular flexibility index (Phi) is 7.09. The van der Waals surface area contributed by atoms with Crippen molar-refractivity contribution in [3.63, 3.8) is 0 Å². The quantitative estimate of drug-likeness (QED) is 0.751. The molecule has 0 saturated carbocycles. The van der Waals surface area contributed by atoms with E-state index in [0.717, 1.165) is 24.8 Å². The number of sulfonamides is 1. The van der Waals surface area contributed by atoms with Crippen molar-refractivity contribution in [3.8, 4) is 0 Å². The summed E-state index contributed by atoms with van der Waals surface area (Å²) in [5.74, 6) is 0.532. The molecule has 1 saturated heterocycles. The molecular formula is C23H30N2O3S. The topological polar surface area (TPSA) is 66.5 Å². The first-order chi connectivity index (χ1) is 13.9. The molecule has 2 aromatic carbocycles. The monoisotopic (exact) mass is 414 g/mol. The fourth-order valence-corrected chi connectivity index (χ4v) is 5.31. The SMILES string of the molecule is CC(C)Cc1ccc(S(=O)(=O)N2CCC[C@@H](CNC(=O)c3ccccc3)C2)cc1. The number of nitrogens with zero attached hydrogens (tertiary/aromatic N) is 1. The van der Waals surface area contributed by atoms with Crippen molar-refractivity contribution in [2.24, 2.45) is 11.8 Å². The minimum atomic E-state index is -3.51. The molecular weight excluding hydrogens is 384 g/mol. The standard InChI is InChI=1S/C23H30N2O3S/c1-18(2)15-19-10-12-22(13-11-19)29(27,28)25-14-6-7-20(17-25)16-24-23(26)21-8-4-3-5-9-21/h3-5,8-13,18,20H,6-7,14-17H2,1-2H3,(H,24,26)/t20-/m0/s1. The predicted octanol–water partition coefficient (Wildman–Crippen LogP) is 3.72. The zero-order valence-corrected chi connectivity index (χ0v) is 18.0. The Hall–Kier alpha value is -2.18. The number of rotatable bonds is 7. The highest BCUT2D eigenvalue weighted by Gasteiger charge is 2.30. The van der Waals surface area contributed by atoms with Crippen LogP contribution in [0, 0.1) is 11.8 Å². The number of benzene rings is 2. The fraction of sp³-hybridized carbons (Fsp3) is 0.435. The fourth-order valence-electron chi connectivity index (χ4n) is 3.76. The van der Waals surface area contributed by atoms with Crippen molar-refractivity contribution < 1.29 is 13.2 Å². The van der Waals surface area contributed by atoms with E-state index in [-0.39, 0.29) is 11.8 Å². The summed E-state index contributed by atoms with van der Waals surface area (Å²) in [6.45, 7) is 5.74. The van der Waals surface area contributed by atoms with Gasteiger partial charge in [0.1, 0.15) is 0 Å². The lowest BCUT2D eigenvalue weighted by molar-refractivity contribution is 0.0941. The van der Waals surface area contributed by atoms with E-state index in [2.05, 4.69) is 19.2 Å². The van der Waals surface area contributed by atoms with Gasteiger partial charge in [0.15, 0.2) is 0 Å². The molecule has 1 amide bonds. The van der Waals surface area contributed by atoms with Crippen LogP contribution in [0.15, 0.2) is 59.5 Å². The summed E-state index contributed by atoms with van der Waals surface area (Å²) < 4.78 is 27.7. The van der Waals surface area contributed by atoms with E-state index in [9.17, 15) is 13.2 Å². The number of carbonyl (C=O) groups is 1. The minimum absolute atomic E-state index is 0.117. The average molecular weight is 415 g/mol. The molecule has 1 fully saturated rings. The zero-order valence-electron chi connectivity index (χ0n) is 17.2. The highest BCUT2D eigenvalue weighted by Crippen LogP contribution is 2.24.